The topological polar surface area (TPSA) is 90.2 Å². The molecule has 1 N–H and O–H groups in total. The largest absolute Gasteiger partial charge is 0.497 e. The summed E-state index contributed by atoms with van der Waals surface area (Å²) in [7, 11) is 1.63. The number of fused-ring (bicyclic) bond motifs is 2. The molecular formula is C25H24F3N7O2. The molecule has 9 nitrogen and oxygen atoms in total. The number of aromatic nitrogens is 5. The molecule has 2 aromatic carbocycles. The van der Waals surface area contributed by atoms with Crippen molar-refractivity contribution in [3.05, 3.63) is 59.4 Å². The molecule has 2 aromatic heterocycles. The van der Waals surface area contributed by atoms with E-state index in [1.54, 1.807) is 25.3 Å². The van der Waals surface area contributed by atoms with Gasteiger partial charge in [-0.05, 0) is 48.2 Å². The van der Waals surface area contributed by atoms with E-state index in [2.05, 4.69) is 25.3 Å². The van der Waals surface area contributed by atoms with Gasteiger partial charge in [-0.15, -0.1) is 0 Å². The Balaban J connectivity index is 1.46. The van der Waals surface area contributed by atoms with Crippen LogP contribution >= 0.6 is 0 Å². The summed E-state index contributed by atoms with van der Waals surface area (Å²) in [6.07, 6.45) is -3.08. The Kier molecular flexibility index (Phi) is 5.82. The highest BCUT2D eigenvalue weighted by molar-refractivity contribution is 5.77. The van der Waals surface area contributed by atoms with E-state index in [1.165, 1.54) is 6.07 Å². The third-order valence-corrected chi connectivity index (χ3v) is 6.65. The number of nitrogens with one attached hydrogen (secondary N) is 1. The lowest BCUT2D eigenvalue weighted by Crippen LogP contribution is -2.37. The zero-order valence-corrected chi connectivity index (χ0v) is 20.0. The van der Waals surface area contributed by atoms with E-state index in [1.807, 2.05) is 23.1 Å². The van der Waals surface area contributed by atoms with Gasteiger partial charge >= 0.3 is 6.18 Å². The molecule has 0 amide bonds. The van der Waals surface area contributed by atoms with Crippen LogP contribution in [-0.4, -0.2) is 57.9 Å². The van der Waals surface area contributed by atoms with Gasteiger partial charge in [-0.2, -0.15) is 28.1 Å². The van der Waals surface area contributed by atoms with E-state index in [-0.39, 0.29) is 34.9 Å². The van der Waals surface area contributed by atoms with Crippen LogP contribution in [0.25, 0.3) is 17.0 Å². The predicted molar refractivity (Wildman–Crippen MR) is 130 cm³/mol. The standard InChI is InChI=1S/C25H24F3N7O2/c1-36-16-7-8-17-15(14-16)6-9-18(17)30-22-31-23(34-10-12-37-13-11-34)33-24(32-22)35-20-5-3-2-4-19(20)29-21(35)25(26,27)28/h2-5,7-8,14,18H,6,9-13H2,1H3,(H,30,31,32,33). The molecular weight excluding hydrogens is 487 g/mol. The number of para-hydroxylation sites is 2. The van der Waals surface area contributed by atoms with Gasteiger partial charge in [-0.1, -0.05) is 18.2 Å². The number of rotatable bonds is 5. The van der Waals surface area contributed by atoms with Gasteiger partial charge in [0.05, 0.1) is 37.4 Å². The molecule has 1 aliphatic heterocycles. The molecule has 12 heteroatoms. The summed E-state index contributed by atoms with van der Waals surface area (Å²) in [4.78, 5) is 19.3. The monoisotopic (exact) mass is 511 g/mol. The smallest absolute Gasteiger partial charge is 0.450 e. The molecule has 37 heavy (non-hydrogen) atoms. The van der Waals surface area contributed by atoms with Crippen molar-refractivity contribution in [3.8, 4) is 11.7 Å². The molecule has 0 bridgehead atoms. The van der Waals surface area contributed by atoms with Crippen molar-refractivity contribution < 1.29 is 22.6 Å². The molecule has 4 aromatic rings. The number of alkyl halides is 3. The van der Waals surface area contributed by atoms with Crippen LogP contribution in [0, 0.1) is 0 Å². The molecule has 1 unspecified atom stereocenters. The Morgan fingerprint density at radius 3 is 2.57 bits per heavy atom. The van der Waals surface area contributed by atoms with Gasteiger partial charge in [-0.25, -0.2) is 4.98 Å². The third-order valence-electron chi connectivity index (χ3n) is 6.65. The van der Waals surface area contributed by atoms with Gasteiger partial charge in [0.15, 0.2) is 0 Å². The summed E-state index contributed by atoms with van der Waals surface area (Å²) < 4.78 is 54.0. The van der Waals surface area contributed by atoms with Gasteiger partial charge in [0.2, 0.25) is 23.7 Å². The third kappa shape index (κ3) is 4.41. The first-order chi connectivity index (χ1) is 17.9. The Hall–Kier alpha value is -3.93. The first-order valence-corrected chi connectivity index (χ1v) is 12.0. The maximum absolute atomic E-state index is 14.1. The van der Waals surface area contributed by atoms with Crippen LogP contribution in [0.1, 0.15) is 29.4 Å². The Bertz CT molecular complexity index is 1450. The maximum Gasteiger partial charge on any atom is 0.450 e. The van der Waals surface area contributed by atoms with Crippen LogP contribution in [-0.2, 0) is 17.3 Å². The second-order valence-corrected chi connectivity index (χ2v) is 8.92. The molecule has 0 saturated carbocycles. The lowest BCUT2D eigenvalue weighted by Gasteiger charge is -2.27. The highest BCUT2D eigenvalue weighted by atomic mass is 19.4. The molecule has 0 radical (unpaired) electrons. The van der Waals surface area contributed by atoms with Gasteiger partial charge in [0.1, 0.15) is 5.75 Å². The normalized spacial score (nSPS) is 17.7. The minimum absolute atomic E-state index is 0.102. The van der Waals surface area contributed by atoms with E-state index in [0.29, 0.717) is 26.3 Å². The molecule has 1 saturated heterocycles. The van der Waals surface area contributed by atoms with Crippen LogP contribution in [0.15, 0.2) is 42.5 Å². The van der Waals surface area contributed by atoms with Gasteiger partial charge in [-0.3, -0.25) is 4.57 Å². The quantitative estimate of drug-likeness (QED) is 0.427. The zero-order chi connectivity index (χ0) is 25.6. The highest BCUT2D eigenvalue weighted by Gasteiger charge is 2.39. The van der Waals surface area contributed by atoms with Gasteiger partial charge < -0.3 is 19.7 Å². The molecule has 1 fully saturated rings. The summed E-state index contributed by atoms with van der Waals surface area (Å²) in [5.74, 6) is 0.0360. The summed E-state index contributed by atoms with van der Waals surface area (Å²) >= 11 is 0. The Morgan fingerprint density at radius 2 is 1.78 bits per heavy atom. The second-order valence-electron chi connectivity index (χ2n) is 8.92. The summed E-state index contributed by atoms with van der Waals surface area (Å²) in [5, 5.41) is 3.35. The molecule has 192 valence electrons. The number of morpholine rings is 1. The van der Waals surface area contributed by atoms with Crippen molar-refractivity contribution in [2.24, 2.45) is 0 Å². The fourth-order valence-electron chi connectivity index (χ4n) is 4.87. The average molecular weight is 512 g/mol. The number of benzene rings is 2. The number of halogens is 3. The fraction of sp³-hybridized carbons (Fsp3) is 0.360. The number of hydrogen-bond donors (Lipinski definition) is 1. The minimum Gasteiger partial charge on any atom is -0.497 e. The van der Waals surface area contributed by atoms with E-state index < -0.39 is 12.0 Å². The van der Waals surface area contributed by atoms with E-state index in [4.69, 9.17) is 9.47 Å². The molecule has 3 heterocycles. The lowest BCUT2D eigenvalue weighted by molar-refractivity contribution is -0.145. The number of imidazole rings is 1. The van der Waals surface area contributed by atoms with Crippen LogP contribution in [0.5, 0.6) is 5.75 Å². The minimum atomic E-state index is -4.71. The molecule has 6 rings (SSSR count). The van der Waals surface area contributed by atoms with E-state index >= 15 is 0 Å². The van der Waals surface area contributed by atoms with Crippen LogP contribution in [0.3, 0.4) is 0 Å². The number of aryl methyl sites for hydroxylation is 1. The van der Waals surface area contributed by atoms with E-state index in [9.17, 15) is 13.2 Å². The average Bonchev–Trinajstić information content (AvgIpc) is 3.50. The van der Waals surface area contributed by atoms with Gasteiger partial charge in [0.25, 0.3) is 0 Å². The second kappa shape index (κ2) is 9.18. The first kappa shape index (κ1) is 23.5. The van der Waals surface area contributed by atoms with Crippen LogP contribution in [0.4, 0.5) is 25.1 Å². The van der Waals surface area contributed by atoms with Crippen molar-refractivity contribution >= 4 is 22.9 Å². The van der Waals surface area contributed by atoms with Crippen molar-refractivity contribution in [1.82, 2.24) is 24.5 Å². The highest BCUT2D eigenvalue weighted by Crippen LogP contribution is 2.37. The number of anilines is 2. The zero-order valence-electron chi connectivity index (χ0n) is 20.0. The number of nitrogens with zero attached hydrogens (tertiary/aromatic N) is 6. The Morgan fingerprint density at radius 1 is 1.00 bits per heavy atom. The summed E-state index contributed by atoms with van der Waals surface area (Å²) in [6, 6.07) is 12.2. The number of ether oxygens (including phenoxy) is 2. The SMILES string of the molecule is COc1ccc2c(c1)CCC2Nc1nc(N2CCOCC2)nc(-n2c(C(F)(F)F)nc3ccccc32)n1. The number of hydrogen-bond acceptors (Lipinski definition) is 8. The molecule has 2 aliphatic rings. The summed E-state index contributed by atoms with van der Waals surface area (Å²) in [6.45, 7) is 1.99. The number of methoxy groups -OCH3 is 1. The van der Waals surface area contributed by atoms with Crippen molar-refractivity contribution in [2.45, 2.75) is 25.1 Å². The predicted octanol–water partition coefficient (Wildman–Crippen LogP) is 4.17. The van der Waals surface area contributed by atoms with Crippen molar-refractivity contribution in [3.63, 3.8) is 0 Å². The summed E-state index contributed by atoms with van der Waals surface area (Å²) in [5.41, 5.74) is 2.70. The molecule has 0 spiro atoms. The first-order valence-electron chi connectivity index (χ1n) is 12.0. The molecule has 1 aliphatic carbocycles. The van der Waals surface area contributed by atoms with Crippen LogP contribution in [0.2, 0.25) is 0 Å². The van der Waals surface area contributed by atoms with Crippen LogP contribution < -0.4 is 15.0 Å². The van der Waals surface area contributed by atoms with E-state index in [0.717, 1.165) is 34.3 Å². The van der Waals surface area contributed by atoms with Crippen molar-refractivity contribution in [2.75, 3.05) is 43.6 Å². The lowest BCUT2D eigenvalue weighted by atomic mass is 10.1. The van der Waals surface area contributed by atoms with Gasteiger partial charge in [0, 0.05) is 13.1 Å². The molecule has 1 atom stereocenters. The maximum atomic E-state index is 14.1. The Labute approximate surface area is 210 Å². The van der Waals surface area contributed by atoms with Crippen molar-refractivity contribution in [1.29, 1.82) is 0 Å². The fourth-order valence-corrected chi connectivity index (χ4v) is 4.87.